The van der Waals surface area contributed by atoms with Crippen molar-refractivity contribution in [2.75, 3.05) is 11.6 Å². The number of aromatic nitrogens is 1. The monoisotopic (exact) mass is 369 g/mol. The minimum Gasteiger partial charge on any atom is -0.327 e. The summed E-state index contributed by atoms with van der Waals surface area (Å²) in [6.07, 6.45) is 2.03. The summed E-state index contributed by atoms with van der Waals surface area (Å²) in [4.78, 5) is 16.9. The lowest BCUT2D eigenvalue weighted by atomic mass is 9.99. The zero-order chi connectivity index (χ0) is 17.5. The molecule has 1 heterocycles. The number of thioether (sulfide) groups is 1. The number of urea groups is 1. The highest BCUT2D eigenvalue weighted by Crippen LogP contribution is 2.23. The average Bonchev–Trinajstić information content (AvgIpc) is 3.08. The van der Waals surface area contributed by atoms with Gasteiger partial charge in [-0.25, -0.2) is 9.78 Å². The number of rotatable bonds is 6. The van der Waals surface area contributed by atoms with E-state index in [9.17, 15) is 4.79 Å². The lowest BCUT2D eigenvalue weighted by molar-refractivity contribution is 0.250. The van der Waals surface area contributed by atoms with Gasteiger partial charge in [0.1, 0.15) is 0 Å². The molecule has 0 aliphatic carbocycles. The van der Waals surface area contributed by atoms with Crippen LogP contribution in [-0.4, -0.2) is 17.3 Å². The number of amides is 2. The fraction of sp³-hybridized carbons (Fsp3) is 0.158. The summed E-state index contributed by atoms with van der Waals surface area (Å²) in [5.74, 6) is 0.844. The van der Waals surface area contributed by atoms with E-state index in [1.165, 1.54) is 11.3 Å². The summed E-state index contributed by atoms with van der Waals surface area (Å²) in [6.45, 7) is 0. The molecule has 0 aliphatic heterocycles. The number of carbonyl (C=O) groups excluding carboxylic acids is 1. The third-order valence-electron chi connectivity index (χ3n) is 3.61. The van der Waals surface area contributed by atoms with Crippen molar-refractivity contribution in [1.29, 1.82) is 0 Å². The van der Waals surface area contributed by atoms with Crippen LogP contribution >= 0.6 is 23.1 Å². The Hall–Kier alpha value is -2.31. The van der Waals surface area contributed by atoms with Gasteiger partial charge in [-0.2, -0.15) is 11.8 Å². The van der Waals surface area contributed by atoms with Crippen LogP contribution in [0.2, 0.25) is 0 Å². The molecule has 0 unspecified atom stereocenters. The maximum absolute atomic E-state index is 12.5. The zero-order valence-corrected chi connectivity index (χ0v) is 15.4. The summed E-state index contributed by atoms with van der Waals surface area (Å²) in [7, 11) is 0. The third-order valence-corrected chi connectivity index (χ3v) is 5.00. The topological polar surface area (TPSA) is 54.0 Å². The van der Waals surface area contributed by atoms with E-state index in [0.717, 1.165) is 22.6 Å². The van der Waals surface area contributed by atoms with Gasteiger partial charge >= 0.3 is 6.03 Å². The van der Waals surface area contributed by atoms with Crippen LogP contribution in [0, 0.1) is 0 Å². The van der Waals surface area contributed by atoms with Crippen LogP contribution < -0.4 is 10.6 Å². The summed E-state index contributed by atoms with van der Waals surface area (Å²) in [6, 6.07) is 19.4. The first kappa shape index (κ1) is 17.5. The predicted octanol–water partition coefficient (Wildman–Crippen LogP) is 4.92. The Morgan fingerprint density at radius 3 is 2.24 bits per heavy atom. The second-order valence-corrected chi connectivity index (χ2v) is 7.15. The van der Waals surface area contributed by atoms with Crippen LogP contribution in [0.25, 0.3) is 0 Å². The number of nitrogens with zero attached hydrogens (tertiary/aromatic N) is 1. The van der Waals surface area contributed by atoms with E-state index < -0.39 is 0 Å². The van der Waals surface area contributed by atoms with Gasteiger partial charge in [0, 0.05) is 11.1 Å². The van der Waals surface area contributed by atoms with Gasteiger partial charge in [0.2, 0.25) is 0 Å². The molecule has 2 amide bonds. The third kappa shape index (κ3) is 4.84. The number of carbonyl (C=O) groups is 1. The molecule has 3 rings (SSSR count). The molecule has 128 valence electrons. The summed E-state index contributed by atoms with van der Waals surface area (Å²) in [5, 5.41) is 8.47. The number of nitrogens with one attached hydrogen (secondary N) is 2. The largest absolute Gasteiger partial charge is 0.327 e. The number of anilines is 1. The smallest absolute Gasteiger partial charge is 0.321 e. The number of thiazole rings is 1. The van der Waals surface area contributed by atoms with Crippen molar-refractivity contribution in [3.8, 4) is 0 Å². The Bertz CT molecular complexity index is 766. The predicted molar refractivity (Wildman–Crippen MR) is 106 cm³/mol. The Kier molecular flexibility index (Phi) is 6.09. The van der Waals surface area contributed by atoms with Crippen molar-refractivity contribution >= 4 is 34.3 Å². The van der Waals surface area contributed by atoms with Crippen LogP contribution in [0.15, 0.2) is 66.0 Å². The van der Waals surface area contributed by atoms with Gasteiger partial charge in [-0.3, -0.25) is 5.32 Å². The molecule has 0 spiro atoms. The quantitative estimate of drug-likeness (QED) is 0.649. The Balaban J connectivity index is 1.74. The van der Waals surface area contributed by atoms with Gasteiger partial charge in [-0.15, -0.1) is 11.3 Å². The van der Waals surface area contributed by atoms with Gasteiger partial charge in [0.25, 0.3) is 0 Å². The van der Waals surface area contributed by atoms with E-state index in [2.05, 4.69) is 15.6 Å². The Labute approximate surface area is 155 Å². The van der Waals surface area contributed by atoms with Crippen LogP contribution in [0.3, 0.4) is 0 Å². The standard InChI is InChI=1S/C19H19N3OS2/c1-24-12-16-13-25-19(20-16)22-18(23)21-17(14-8-4-2-5-9-14)15-10-6-3-7-11-15/h2-11,13,17H,12H2,1H3,(H2,20,21,22,23). The molecular formula is C19H19N3OS2. The van der Waals surface area contributed by atoms with E-state index in [1.807, 2.05) is 72.3 Å². The molecule has 0 fully saturated rings. The lowest BCUT2D eigenvalue weighted by Gasteiger charge is -2.19. The molecule has 2 aromatic carbocycles. The molecule has 3 aromatic rings. The summed E-state index contributed by atoms with van der Waals surface area (Å²) < 4.78 is 0. The highest BCUT2D eigenvalue weighted by molar-refractivity contribution is 7.97. The molecule has 0 bridgehead atoms. The van der Waals surface area contributed by atoms with Gasteiger partial charge in [-0.1, -0.05) is 60.7 Å². The summed E-state index contributed by atoms with van der Waals surface area (Å²) in [5.41, 5.74) is 3.05. The van der Waals surface area contributed by atoms with Gasteiger partial charge in [0.05, 0.1) is 11.7 Å². The average molecular weight is 370 g/mol. The molecule has 6 heteroatoms. The maximum atomic E-state index is 12.5. The van der Waals surface area contributed by atoms with E-state index in [1.54, 1.807) is 11.8 Å². The van der Waals surface area contributed by atoms with Gasteiger partial charge in [0.15, 0.2) is 5.13 Å². The lowest BCUT2D eigenvalue weighted by Crippen LogP contribution is -2.33. The fourth-order valence-corrected chi connectivity index (χ4v) is 3.75. The SMILES string of the molecule is CSCc1csc(NC(=O)NC(c2ccccc2)c2ccccc2)n1. The first-order chi connectivity index (χ1) is 12.3. The molecule has 0 radical (unpaired) electrons. The normalized spacial score (nSPS) is 10.6. The van der Waals surface area contributed by atoms with E-state index in [4.69, 9.17) is 0 Å². The first-order valence-electron chi connectivity index (χ1n) is 7.87. The van der Waals surface area contributed by atoms with Crippen molar-refractivity contribution in [3.63, 3.8) is 0 Å². The van der Waals surface area contributed by atoms with Crippen molar-refractivity contribution in [2.45, 2.75) is 11.8 Å². The summed E-state index contributed by atoms with van der Waals surface area (Å²) >= 11 is 3.15. The molecule has 0 atom stereocenters. The van der Waals surface area contributed by atoms with Crippen LogP contribution in [-0.2, 0) is 5.75 Å². The maximum Gasteiger partial charge on any atom is 0.321 e. The molecule has 0 saturated heterocycles. The second-order valence-electron chi connectivity index (χ2n) is 5.43. The molecule has 0 saturated carbocycles. The van der Waals surface area contributed by atoms with E-state index in [-0.39, 0.29) is 12.1 Å². The molecular weight excluding hydrogens is 350 g/mol. The minimum absolute atomic E-state index is 0.215. The Morgan fingerprint density at radius 2 is 1.68 bits per heavy atom. The van der Waals surface area contributed by atoms with Crippen molar-refractivity contribution < 1.29 is 4.79 Å². The van der Waals surface area contributed by atoms with Crippen LogP contribution in [0.4, 0.5) is 9.93 Å². The van der Waals surface area contributed by atoms with Crippen LogP contribution in [0.5, 0.6) is 0 Å². The number of benzene rings is 2. The highest BCUT2D eigenvalue weighted by atomic mass is 32.2. The van der Waals surface area contributed by atoms with Gasteiger partial charge in [-0.05, 0) is 17.4 Å². The van der Waals surface area contributed by atoms with Crippen molar-refractivity contribution in [2.24, 2.45) is 0 Å². The second kappa shape index (κ2) is 8.69. The van der Waals surface area contributed by atoms with E-state index >= 15 is 0 Å². The molecule has 2 N–H and O–H groups in total. The van der Waals surface area contributed by atoms with Gasteiger partial charge < -0.3 is 5.32 Å². The minimum atomic E-state index is -0.261. The zero-order valence-electron chi connectivity index (χ0n) is 13.8. The molecule has 0 aliphatic rings. The molecule has 4 nitrogen and oxygen atoms in total. The fourth-order valence-electron chi connectivity index (χ4n) is 2.49. The van der Waals surface area contributed by atoms with Crippen molar-refractivity contribution in [1.82, 2.24) is 10.3 Å². The number of hydrogen-bond donors (Lipinski definition) is 2. The van der Waals surface area contributed by atoms with Crippen molar-refractivity contribution in [3.05, 3.63) is 82.9 Å². The highest BCUT2D eigenvalue weighted by Gasteiger charge is 2.17. The van der Waals surface area contributed by atoms with E-state index in [0.29, 0.717) is 5.13 Å². The Morgan fingerprint density at radius 1 is 1.08 bits per heavy atom. The van der Waals surface area contributed by atoms with Crippen LogP contribution in [0.1, 0.15) is 22.9 Å². The first-order valence-corrected chi connectivity index (χ1v) is 10.1. The molecule has 25 heavy (non-hydrogen) atoms. The molecule has 1 aromatic heterocycles. The number of hydrogen-bond acceptors (Lipinski definition) is 4.